The Hall–Kier alpha value is -1.59. The first-order valence-corrected chi connectivity index (χ1v) is 8.72. The molecule has 1 fully saturated rings. The van der Waals surface area contributed by atoms with Crippen LogP contribution in [-0.4, -0.2) is 44.0 Å². The van der Waals surface area contributed by atoms with Gasteiger partial charge in [-0.15, -0.1) is 0 Å². The van der Waals surface area contributed by atoms with Gasteiger partial charge in [0.05, 0.1) is 12.6 Å². The van der Waals surface area contributed by atoms with E-state index in [-0.39, 0.29) is 18.1 Å². The molecule has 0 spiro atoms. The molecule has 2 aliphatic rings. The molecule has 1 aromatic carbocycles. The number of aryl methyl sites for hydroxylation is 2. The van der Waals surface area contributed by atoms with Crippen LogP contribution in [0.2, 0.25) is 0 Å². The van der Waals surface area contributed by atoms with E-state index < -0.39 is 5.60 Å². The molecule has 5 nitrogen and oxygen atoms in total. The van der Waals surface area contributed by atoms with Crippen molar-refractivity contribution in [3.8, 4) is 5.75 Å². The molecule has 1 amide bonds. The van der Waals surface area contributed by atoms with Gasteiger partial charge >= 0.3 is 0 Å². The molecule has 132 valence electrons. The van der Waals surface area contributed by atoms with E-state index in [0.29, 0.717) is 13.2 Å². The number of benzene rings is 1. The average Bonchev–Trinajstić information content (AvgIpc) is 3.02. The van der Waals surface area contributed by atoms with E-state index in [4.69, 9.17) is 14.2 Å². The van der Waals surface area contributed by atoms with Gasteiger partial charge in [-0.1, -0.05) is 6.07 Å². The molecule has 1 aliphatic carbocycles. The number of nitrogens with one attached hydrogen (secondary N) is 1. The van der Waals surface area contributed by atoms with Crippen LogP contribution < -0.4 is 10.1 Å². The molecule has 5 heteroatoms. The Morgan fingerprint density at radius 2 is 2.08 bits per heavy atom. The van der Waals surface area contributed by atoms with Crippen LogP contribution in [0.3, 0.4) is 0 Å². The van der Waals surface area contributed by atoms with Crippen LogP contribution in [0.15, 0.2) is 18.2 Å². The molecule has 1 aliphatic heterocycles. The molecule has 0 saturated carbocycles. The molecule has 2 atom stereocenters. The largest absolute Gasteiger partial charge is 0.478 e. The first-order valence-electron chi connectivity index (χ1n) is 8.72. The lowest BCUT2D eigenvalue weighted by Crippen LogP contribution is -2.56. The Labute approximate surface area is 143 Å². The van der Waals surface area contributed by atoms with Gasteiger partial charge in [-0.2, -0.15) is 0 Å². The van der Waals surface area contributed by atoms with Crippen LogP contribution in [0.25, 0.3) is 0 Å². The third kappa shape index (κ3) is 3.73. The lowest BCUT2D eigenvalue weighted by atomic mass is 10.0. The normalized spacial score (nSPS) is 23.6. The molecule has 0 unspecified atom stereocenters. The van der Waals surface area contributed by atoms with Crippen molar-refractivity contribution in [2.24, 2.45) is 0 Å². The zero-order valence-corrected chi connectivity index (χ0v) is 14.8. The lowest BCUT2D eigenvalue weighted by Gasteiger charge is -2.34. The molecule has 3 rings (SSSR count). The summed E-state index contributed by atoms with van der Waals surface area (Å²) in [7, 11) is 1.64. The molecule has 1 aromatic rings. The fourth-order valence-corrected chi connectivity index (χ4v) is 3.40. The lowest BCUT2D eigenvalue weighted by molar-refractivity contribution is -0.138. The third-order valence-corrected chi connectivity index (χ3v) is 4.91. The minimum absolute atomic E-state index is 0.0425. The van der Waals surface area contributed by atoms with Gasteiger partial charge in [0.15, 0.2) is 5.60 Å². The monoisotopic (exact) mass is 333 g/mol. The maximum absolute atomic E-state index is 12.7. The van der Waals surface area contributed by atoms with Crippen molar-refractivity contribution >= 4 is 5.91 Å². The molecule has 24 heavy (non-hydrogen) atoms. The van der Waals surface area contributed by atoms with Crippen LogP contribution in [0.5, 0.6) is 5.75 Å². The van der Waals surface area contributed by atoms with Gasteiger partial charge < -0.3 is 19.5 Å². The molecule has 0 bridgehead atoms. The summed E-state index contributed by atoms with van der Waals surface area (Å²) >= 11 is 0. The number of methoxy groups -OCH3 is 1. The maximum atomic E-state index is 12.7. The number of fused-ring (bicyclic) bond motifs is 1. The Bertz CT molecular complexity index is 599. The highest BCUT2D eigenvalue weighted by Gasteiger charge is 2.35. The predicted octanol–water partition coefficient (Wildman–Crippen LogP) is 2.25. The van der Waals surface area contributed by atoms with Crippen molar-refractivity contribution in [3.05, 3.63) is 29.3 Å². The van der Waals surface area contributed by atoms with Crippen molar-refractivity contribution < 1.29 is 19.0 Å². The average molecular weight is 333 g/mol. The second-order valence-electron chi connectivity index (χ2n) is 7.11. The van der Waals surface area contributed by atoms with Crippen LogP contribution in [0.4, 0.5) is 0 Å². The van der Waals surface area contributed by atoms with Crippen molar-refractivity contribution in [2.75, 3.05) is 20.3 Å². The minimum Gasteiger partial charge on any atom is -0.478 e. The van der Waals surface area contributed by atoms with Gasteiger partial charge in [-0.05, 0) is 62.8 Å². The highest BCUT2D eigenvalue weighted by Crippen LogP contribution is 2.28. The Kier molecular flexibility index (Phi) is 5.11. The Balaban J connectivity index is 1.64. The zero-order valence-electron chi connectivity index (χ0n) is 14.8. The highest BCUT2D eigenvalue weighted by atomic mass is 16.5. The summed E-state index contributed by atoms with van der Waals surface area (Å²) in [5, 5.41) is 3.06. The summed E-state index contributed by atoms with van der Waals surface area (Å²) in [5.74, 6) is 0.628. The van der Waals surface area contributed by atoms with Crippen molar-refractivity contribution in [2.45, 2.75) is 57.3 Å². The predicted molar refractivity (Wildman–Crippen MR) is 91.3 cm³/mol. The van der Waals surface area contributed by atoms with Crippen molar-refractivity contribution in [1.29, 1.82) is 0 Å². The summed E-state index contributed by atoms with van der Waals surface area (Å²) in [5.41, 5.74) is 1.80. The molecule has 0 aromatic heterocycles. The number of carbonyl (C=O) groups excluding carboxylic acids is 1. The molecule has 1 heterocycles. The van der Waals surface area contributed by atoms with Gasteiger partial charge in [0.2, 0.25) is 0 Å². The van der Waals surface area contributed by atoms with Crippen LogP contribution >= 0.6 is 0 Å². The Morgan fingerprint density at radius 3 is 2.88 bits per heavy atom. The number of ether oxygens (including phenoxy) is 3. The number of hydrogen-bond donors (Lipinski definition) is 1. The van der Waals surface area contributed by atoms with E-state index in [9.17, 15) is 4.79 Å². The number of carbonyl (C=O) groups is 1. The van der Waals surface area contributed by atoms with Gasteiger partial charge in [-0.3, -0.25) is 4.79 Å². The smallest absolute Gasteiger partial charge is 0.263 e. The fourth-order valence-electron chi connectivity index (χ4n) is 3.40. The van der Waals surface area contributed by atoms with Gasteiger partial charge in [0.1, 0.15) is 11.9 Å². The quantitative estimate of drug-likeness (QED) is 0.898. The first kappa shape index (κ1) is 17.2. The number of amides is 1. The standard InChI is InChI=1S/C19H27NO4/c1-19(2,18(21)20-16-9-10-23-12-17(16)22-3)24-15-8-7-13-5-4-6-14(13)11-15/h7-8,11,16-17H,4-6,9-10,12H2,1-3H3,(H,20,21)/t16-,17-/m1/s1. The molecular weight excluding hydrogens is 306 g/mol. The zero-order chi connectivity index (χ0) is 17.2. The van der Waals surface area contributed by atoms with Gasteiger partial charge in [0, 0.05) is 13.7 Å². The second-order valence-corrected chi connectivity index (χ2v) is 7.11. The van der Waals surface area contributed by atoms with Crippen molar-refractivity contribution in [1.82, 2.24) is 5.32 Å². The summed E-state index contributed by atoms with van der Waals surface area (Å²) in [6.45, 7) is 4.75. The summed E-state index contributed by atoms with van der Waals surface area (Å²) in [6, 6.07) is 6.11. The first-order chi connectivity index (χ1) is 11.5. The van der Waals surface area contributed by atoms with E-state index >= 15 is 0 Å². The third-order valence-electron chi connectivity index (χ3n) is 4.91. The maximum Gasteiger partial charge on any atom is 0.263 e. The summed E-state index contributed by atoms with van der Waals surface area (Å²) in [6.07, 6.45) is 4.07. The Morgan fingerprint density at radius 1 is 1.29 bits per heavy atom. The highest BCUT2D eigenvalue weighted by molar-refractivity contribution is 5.85. The van der Waals surface area contributed by atoms with E-state index in [1.54, 1.807) is 21.0 Å². The van der Waals surface area contributed by atoms with Crippen LogP contribution in [-0.2, 0) is 27.1 Å². The molecular formula is C19H27NO4. The minimum atomic E-state index is -0.941. The topological polar surface area (TPSA) is 56.8 Å². The SMILES string of the molecule is CO[C@@H]1COCC[C@H]1NC(=O)C(C)(C)Oc1ccc2c(c1)CCC2. The number of rotatable bonds is 5. The summed E-state index contributed by atoms with van der Waals surface area (Å²) in [4.78, 5) is 12.7. The molecule has 0 radical (unpaired) electrons. The van der Waals surface area contributed by atoms with Gasteiger partial charge in [-0.25, -0.2) is 0 Å². The van der Waals surface area contributed by atoms with E-state index in [1.165, 1.54) is 17.5 Å². The number of hydrogen-bond acceptors (Lipinski definition) is 4. The second kappa shape index (κ2) is 7.11. The summed E-state index contributed by atoms with van der Waals surface area (Å²) < 4.78 is 16.8. The molecule has 1 N–H and O–H groups in total. The van der Waals surface area contributed by atoms with E-state index in [1.807, 2.05) is 6.07 Å². The van der Waals surface area contributed by atoms with Crippen molar-refractivity contribution in [3.63, 3.8) is 0 Å². The molecule has 1 saturated heterocycles. The van der Waals surface area contributed by atoms with E-state index in [0.717, 1.165) is 25.0 Å². The van der Waals surface area contributed by atoms with E-state index in [2.05, 4.69) is 17.4 Å². The van der Waals surface area contributed by atoms with Crippen LogP contribution in [0, 0.1) is 0 Å². The van der Waals surface area contributed by atoms with Gasteiger partial charge in [0.25, 0.3) is 5.91 Å². The van der Waals surface area contributed by atoms with Crippen LogP contribution in [0.1, 0.15) is 37.8 Å². The fraction of sp³-hybridized carbons (Fsp3) is 0.632.